The van der Waals surface area contributed by atoms with E-state index in [1.54, 1.807) is 11.2 Å². The first-order chi connectivity index (χ1) is 28.0. The molecule has 322 valence electrons. The molecule has 0 aliphatic heterocycles. The van der Waals surface area contributed by atoms with Gasteiger partial charge in [-0.1, -0.05) is 30.3 Å². The lowest BCUT2D eigenvalue weighted by Gasteiger charge is -2.28. The van der Waals surface area contributed by atoms with E-state index < -0.39 is 41.4 Å². The number of H-pyrrole nitrogens is 1. The van der Waals surface area contributed by atoms with Crippen LogP contribution in [0, 0.1) is 18.8 Å². The maximum atomic E-state index is 14.3. The van der Waals surface area contributed by atoms with Crippen molar-refractivity contribution in [1.29, 1.82) is 0 Å². The molecule has 2 saturated carbocycles. The van der Waals surface area contributed by atoms with E-state index in [-0.39, 0.29) is 60.0 Å². The number of aryl methyl sites for hydroxylation is 1. The van der Waals surface area contributed by atoms with E-state index in [1.165, 1.54) is 24.3 Å². The molecule has 60 heavy (non-hydrogen) atoms. The van der Waals surface area contributed by atoms with Crippen LogP contribution in [0.15, 0.2) is 66.7 Å². The monoisotopic (exact) mass is 857 g/mol. The molecule has 2 aliphatic rings. The molecule has 1 unspecified atom stereocenters. The molecule has 2 fully saturated rings. The highest BCUT2D eigenvalue weighted by Gasteiger charge is 2.65. The summed E-state index contributed by atoms with van der Waals surface area (Å²) in [6.07, 6.45) is 5.53. The van der Waals surface area contributed by atoms with E-state index in [4.69, 9.17) is 10.8 Å². The Labute approximate surface area is 349 Å². The predicted octanol–water partition coefficient (Wildman–Crippen LogP) is 6.15. The molecule has 18 heteroatoms. The lowest BCUT2D eigenvalue weighted by atomic mass is 9.81. The van der Waals surface area contributed by atoms with E-state index in [1.807, 2.05) is 43.3 Å². The zero-order valence-corrected chi connectivity index (χ0v) is 33.5. The second kappa shape index (κ2) is 19.3. The molecule has 1 atom stereocenters. The molecule has 6 rings (SSSR count). The van der Waals surface area contributed by atoms with E-state index in [0.29, 0.717) is 43.7 Å². The molecule has 4 aromatic rings. The van der Waals surface area contributed by atoms with Crippen LogP contribution in [0.5, 0.6) is 0 Å². The zero-order chi connectivity index (χ0) is 42.5. The molecule has 0 spiro atoms. The van der Waals surface area contributed by atoms with Crippen molar-refractivity contribution in [1.82, 2.24) is 25.8 Å². The normalized spacial score (nSPS) is 20.0. The number of halogens is 5. The number of carboxylic acids is 1. The summed E-state index contributed by atoms with van der Waals surface area (Å²) in [5, 5.41) is 32.3. The van der Waals surface area contributed by atoms with Crippen LogP contribution in [0.4, 0.5) is 23.2 Å². The summed E-state index contributed by atoms with van der Waals surface area (Å²) in [4.78, 5) is 54.4. The van der Waals surface area contributed by atoms with Crippen molar-refractivity contribution in [2.24, 2.45) is 17.6 Å². The van der Waals surface area contributed by atoms with Crippen molar-refractivity contribution in [3.05, 3.63) is 89.2 Å². The van der Waals surface area contributed by atoms with Gasteiger partial charge in [-0.3, -0.25) is 19.5 Å². The smallest absolute Gasteiger partial charge is 0.411 e. The third-order valence-electron chi connectivity index (χ3n) is 11.3. The van der Waals surface area contributed by atoms with Crippen molar-refractivity contribution in [2.45, 2.75) is 94.7 Å². The SMILES string of the molecule is Cc1cc(C(=O)NC2CCC(O)CC2)ccc1-c1ccc(CC(NC(=O)C2CCC(CN)CC2)C(=O)Nc2ccc(-c3n[nH]c(C(F)(F)C(F)(F)C(=O)O)n3)cc2)cc1.Cl. The standard InChI is InChI=1S/C42H47F4N7O6.ClH/c1-23-20-29(37(56)48-31-15-17-32(54)18-16-31)12-19-33(23)26-6-2-24(3-7-26)21-34(50-36(55)28-8-4-25(22-47)5-9-28)38(57)49-30-13-10-27(11-14-30)35-51-39(53-52-35)41(43,44)42(45,46)40(58)59;/h2-3,6-7,10-14,19-20,25,28,31-32,34,54H,4-5,8-9,15-18,21-22,47H2,1H3,(H,48,56)(H,49,57)(H,50,55)(H,58,59)(H,51,52,53);1H. The van der Waals surface area contributed by atoms with E-state index in [2.05, 4.69) is 26.0 Å². The first kappa shape index (κ1) is 45.7. The lowest BCUT2D eigenvalue weighted by molar-refractivity contribution is -0.231. The Kier molecular flexibility index (Phi) is 14.7. The molecule has 0 bridgehead atoms. The third-order valence-corrected chi connectivity index (χ3v) is 11.3. The molecule has 13 nitrogen and oxygen atoms in total. The fraction of sp³-hybridized carbons (Fsp3) is 0.429. The Bertz CT molecular complexity index is 2140. The Hall–Kier alpha value is -5.39. The number of hydrogen-bond acceptors (Lipinski definition) is 8. The Morgan fingerprint density at radius 2 is 1.52 bits per heavy atom. The number of rotatable bonds is 14. The first-order valence-electron chi connectivity index (χ1n) is 19.6. The average molecular weight is 858 g/mol. The number of aliphatic carboxylic acids is 1. The number of carbonyl (C=O) groups is 4. The first-order valence-corrected chi connectivity index (χ1v) is 19.6. The van der Waals surface area contributed by atoms with E-state index >= 15 is 0 Å². The number of aromatic amines is 1. The van der Waals surface area contributed by atoms with Crippen molar-refractivity contribution in [3.63, 3.8) is 0 Å². The summed E-state index contributed by atoms with van der Waals surface area (Å²) in [5.74, 6) is -16.6. The summed E-state index contributed by atoms with van der Waals surface area (Å²) >= 11 is 0. The number of aromatic nitrogens is 3. The topological polar surface area (TPSA) is 212 Å². The third kappa shape index (κ3) is 10.5. The number of benzene rings is 3. The molecule has 3 aromatic carbocycles. The molecule has 1 heterocycles. The van der Waals surface area contributed by atoms with Crippen LogP contribution in [0.3, 0.4) is 0 Å². The Morgan fingerprint density at radius 3 is 2.12 bits per heavy atom. The van der Waals surface area contributed by atoms with Gasteiger partial charge in [-0.05, 0) is 129 Å². The van der Waals surface area contributed by atoms with Gasteiger partial charge in [0.2, 0.25) is 17.6 Å². The van der Waals surface area contributed by atoms with Gasteiger partial charge < -0.3 is 31.9 Å². The van der Waals surface area contributed by atoms with Gasteiger partial charge in [-0.2, -0.15) is 22.7 Å². The van der Waals surface area contributed by atoms with Crippen LogP contribution in [0.25, 0.3) is 22.5 Å². The number of aliphatic hydroxyl groups is 1. The molecule has 0 saturated heterocycles. The molecule has 8 N–H and O–H groups in total. The number of amides is 3. The van der Waals surface area contributed by atoms with Gasteiger partial charge in [0.05, 0.1) is 6.10 Å². The largest absolute Gasteiger partial charge is 0.477 e. The lowest BCUT2D eigenvalue weighted by Crippen LogP contribution is -2.48. The Morgan fingerprint density at radius 1 is 0.883 bits per heavy atom. The van der Waals surface area contributed by atoms with Crippen molar-refractivity contribution in [2.75, 3.05) is 11.9 Å². The van der Waals surface area contributed by atoms with Gasteiger partial charge in [0, 0.05) is 35.2 Å². The van der Waals surface area contributed by atoms with Gasteiger partial charge in [0.25, 0.3) is 5.91 Å². The van der Waals surface area contributed by atoms with Gasteiger partial charge in [0.1, 0.15) is 6.04 Å². The molecule has 3 amide bonds. The van der Waals surface area contributed by atoms with Crippen LogP contribution in [0.2, 0.25) is 0 Å². The number of nitrogens with one attached hydrogen (secondary N) is 4. The molecule has 0 radical (unpaired) electrons. The number of nitrogens with two attached hydrogens (primary N) is 1. The maximum Gasteiger partial charge on any atom is 0.411 e. The molecular weight excluding hydrogens is 810 g/mol. The second-order valence-electron chi connectivity index (χ2n) is 15.5. The van der Waals surface area contributed by atoms with Crippen molar-refractivity contribution >= 4 is 41.8 Å². The fourth-order valence-corrected chi connectivity index (χ4v) is 7.58. The van der Waals surface area contributed by atoms with Crippen LogP contribution < -0.4 is 21.7 Å². The molecule has 1 aromatic heterocycles. The number of alkyl halides is 4. The zero-order valence-electron chi connectivity index (χ0n) is 32.7. The summed E-state index contributed by atoms with van der Waals surface area (Å²) in [7, 11) is 0. The number of hydrogen-bond donors (Lipinski definition) is 7. The van der Waals surface area contributed by atoms with Gasteiger partial charge in [-0.25, -0.2) is 9.78 Å². The van der Waals surface area contributed by atoms with Crippen LogP contribution in [0.1, 0.15) is 78.7 Å². The molecule has 2 aliphatic carbocycles. The van der Waals surface area contributed by atoms with Crippen LogP contribution >= 0.6 is 12.4 Å². The molecular formula is C42H48ClF4N7O6. The summed E-state index contributed by atoms with van der Waals surface area (Å²) in [6.45, 7) is 2.47. The van der Waals surface area contributed by atoms with Gasteiger partial charge >= 0.3 is 17.8 Å². The van der Waals surface area contributed by atoms with Gasteiger partial charge in [-0.15, -0.1) is 12.4 Å². The Balaban J connectivity index is 0.00000683. The predicted molar refractivity (Wildman–Crippen MR) is 217 cm³/mol. The summed E-state index contributed by atoms with van der Waals surface area (Å²) in [5.41, 5.74) is 10.2. The highest BCUT2D eigenvalue weighted by molar-refractivity contribution is 5.98. The summed E-state index contributed by atoms with van der Waals surface area (Å²) in [6, 6.07) is 17.6. The summed E-state index contributed by atoms with van der Waals surface area (Å²) < 4.78 is 55.9. The minimum Gasteiger partial charge on any atom is -0.477 e. The number of aliphatic hydroxyl groups excluding tert-OH is 1. The van der Waals surface area contributed by atoms with Crippen molar-refractivity contribution < 1.29 is 47.0 Å². The minimum absolute atomic E-state index is 0. The highest BCUT2D eigenvalue weighted by Crippen LogP contribution is 2.42. The van der Waals surface area contributed by atoms with E-state index in [0.717, 1.165) is 47.9 Å². The number of nitrogens with zero attached hydrogens (tertiary/aromatic N) is 2. The number of carbonyl (C=O) groups excluding carboxylic acids is 3. The van der Waals surface area contributed by atoms with Crippen LogP contribution in [-0.4, -0.2) is 79.7 Å². The van der Waals surface area contributed by atoms with E-state index in [9.17, 15) is 41.8 Å². The minimum atomic E-state index is -5.44. The second-order valence-corrected chi connectivity index (χ2v) is 15.5. The van der Waals surface area contributed by atoms with Crippen LogP contribution in [-0.2, 0) is 26.7 Å². The quantitative estimate of drug-likeness (QED) is 0.0725. The van der Waals surface area contributed by atoms with Crippen molar-refractivity contribution in [3.8, 4) is 22.5 Å². The number of anilines is 1. The number of carboxylic acid groups (broad SMARTS) is 1. The maximum absolute atomic E-state index is 14.3. The average Bonchev–Trinajstić information content (AvgIpc) is 3.73. The highest BCUT2D eigenvalue weighted by atomic mass is 35.5. The fourth-order valence-electron chi connectivity index (χ4n) is 7.58. The van der Waals surface area contributed by atoms with Gasteiger partial charge in [0.15, 0.2) is 5.82 Å².